The minimum atomic E-state index is -0.860. The lowest BCUT2D eigenvalue weighted by Gasteiger charge is -2.12. The van der Waals surface area contributed by atoms with Gasteiger partial charge in [0.25, 0.3) is 0 Å². The zero-order valence-electron chi connectivity index (χ0n) is 13.0. The van der Waals surface area contributed by atoms with Crippen LogP contribution in [-0.2, 0) is 9.59 Å². The summed E-state index contributed by atoms with van der Waals surface area (Å²) in [6.07, 6.45) is 1.36. The Labute approximate surface area is 135 Å². The van der Waals surface area contributed by atoms with Crippen molar-refractivity contribution in [1.82, 2.24) is 5.32 Å². The van der Waals surface area contributed by atoms with E-state index in [1.807, 2.05) is 38.1 Å². The molecule has 22 heavy (non-hydrogen) atoms. The van der Waals surface area contributed by atoms with E-state index in [-0.39, 0.29) is 18.2 Å². The molecule has 0 aromatic heterocycles. The Morgan fingerprint density at radius 1 is 1.27 bits per heavy atom. The molecule has 0 saturated heterocycles. The van der Waals surface area contributed by atoms with Crippen molar-refractivity contribution in [3.05, 3.63) is 24.3 Å². The Kier molecular flexibility index (Phi) is 8.43. The van der Waals surface area contributed by atoms with E-state index >= 15 is 0 Å². The molecule has 2 N–H and O–H groups in total. The van der Waals surface area contributed by atoms with E-state index in [1.54, 1.807) is 0 Å². The van der Waals surface area contributed by atoms with Gasteiger partial charge < -0.3 is 15.2 Å². The van der Waals surface area contributed by atoms with Gasteiger partial charge in [0.05, 0.1) is 18.3 Å². The minimum absolute atomic E-state index is 0.152. The molecular formula is C16H23NO4S. The summed E-state index contributed by atoms with van der Waals surface area (Å²) in [7, 11) is 0. The van der Waals surface area contributed by atoms with Crippen LogP contribution in [-0.4, -0.2) is 35.9 Å². The van der Waals surface area contributed by atoms with Crippen LogP contribution in [0.5, 0.6) is 5.75 Å². The number of benzene rings is 1. The van der Waals surface area contributed by atoms with Crippen molar-refractivity contribution in [1.29, 1.82) is 0 Å². The van der Waals surface area contributed by atoms with Gasteiger partial charge in [0.2, 0.25) is 5.91 Å². The molecule has 0 radical (unpaired) electrons. The standard InChI is InChI=1S/C16H23NO4S/c1-3-5-12(16(19)20)10-17-15(18)11-22-14-8-6-13(7-9-14)21-4-2/h6-9,12H,3-5,10-11H2,1-2H3,(H,17,18)(H,19,20). The van der Waals surface area contributed by atoms with Gasteiger partial charge in [-0.05, 0) is 37.6 Å². The minimum Gasteiger partial charge on any atom is -0.494 e. The lowest BCUT2D eigenvalue weighted by Crippen LogP contribution is -2.33. The Bertz CT molecular complexity index is 476. The number of carbonyl (C=O) groups is 2. The number of ether oxygens (including phenoxy) is 1. The van der Waals surface area contributed by atoms with Crippen molar-refractivity contribution in [2.24, 2.45) is 5.92 Å². The van der Waals surface area contributed by atoms with Crippen molar-refractivity contribution >= 4 is 23.6 Å². The highest BCUT2D eigenvalue weighted by molar-refractivity contribution is 8.00. The number of rotatable bonds is 10. The first-order chi connectivity index (χ1) is 10.6. The summed E-state index contributed by atoms with van der Waals surface area (Å²) in [5.41, 5.74) is 0. The lowest BCUT2D eigenvalue weighted by molar-refractivity contribution is -0.141. The first-order valence-corrected chi connectivity index (χ1v) is 8.40. The average molecular weight is 325 g/mol. The zero-order chi connectivity index (χ0) is 16.4. The van der Waals surface area contributed by atoms with Crippen LogP contribution in [0.15, 0.2) is 29.2 Å². The number of thioether (sulfide) groups is 1. The predicted molar refractivity (Wildman–Crippen MR) is 87.4 cm³/mol. The van der Waals surface area contributed by atoms with E-state index in [4.69, 9.17) is 9.84 Å². The second-order valence-corrected chi connectivity index (χ2v) is 5.87. The molecule has 0 saturated carbocycles. The van der Waals surface area contributed by atoms with Crippen LogP contribution < -0.4 is 10.1 Å². The van der Waals surface area contributed by atoms with Gasteiger partial charge in [0, 0.05) is 11.4 Å². The highest BCUT2D eigenvalue weighted by atomic mass is 32.2. The summed E-state index contributed by atoms with van der Waals surface area (Å²) in [5.74, 6) is -0.445. The number of hydrogen-bond donors (Lipinski definition) is 2. The molecule has 1 unspecified atom stereocenters. The third kappa shape index (κ3) is 6.85. The third-order valence-corrected chi connectivity index (χ3v) is 4.05. The summed E-state index contributed by atoms with van der Waals surface area (Å²) in [5, 5.41) is 11.7. The molecule has 0 aliphatic carbocycles. The molecule has 1 rings (SSSR count). The molecular weight excluding hydrogens is 302 g/mol. The molecule has 5 nitrogen and oxygen atoms in total. The topological polar surface area (TPSA) is 75.6 Å². The number of carbonyl (C=O) groups excluding carboxylic acids is 1. The molecule has 0 bridgehead atoms. The van der Waals surface area contributed by atoms with Crippen molar-refractivity contribution < 1.29 is 19.4 Å². The highest BCUT2D eigenvalue weighted by Gasteiger charge is 2.17. The van der Waals surface area contributed by atoms with E-state index < -0.39 is 11.9 Å². The summed E-state index contributed by atoms with van der Waals surface area (Å²) in [4.78, 5) is 23.7. The number of amides is 1. The Morgan fingerprint density at radius 2 is 1.95 bits per heavy atom. The predicted octanol–water partition coefficient (Wildman–Crippen LogP) is 2.79. The molecule has 1 aromatic rings. The molecule has 0 aliphatic heterocycles. The first kappa shape index (κ1) is 18.4. The van der Waals surface area contributed by atoms with Crippen LogP contribution in [0.2, 0.25) is 0 Å². The fourth-order valence-electron chi connectivity index (χ4n) is 1.90. The van der Waals surface area contributed by atoms with Gasteiger partial charge in [-0.1, -0.05) is 13.3 Å². The molecule has 0 aliphatic rings. The van der Waals surface area contributed by atoms with Gasteiger partial charge in [0.15, 0.2) is 0 Å². The molecule has 0 spiro atoms. The van der Waals surface area contributed by atoms with Crippen LogP contribution in [0, 0.1) is 5.92 Å². The van der Waals surface area contributed by atoms with Gasteiger partial charge >= 0.3 is 5.97 Å². The largest absolute Gasteiger partial charge is 0.494 e. The smallest absolute Gasteiger partial charge is 0.308 e. The maximum absolute atomic E-state index is 11.8. The first-order valence-electron chi connectivity index (χ1n) is 7.42. The van der Waals surface area contributed by atoms with Crippen LogP contribution in [0.3, 0.4) is 0 Å². The quantitative estimate of drug-likeness (QED) is 0.647. The summed E-state index contributed by atoms with van der Waals surface area (Å²) in [6, 6.07) is 7.54. The molecule has 0 fully saturated rings. The Morgan fingerprint density at radius 3 is 2.50 bits per heavy atom. The average Bonchev–Trinajstić information content (AvgIpc) is 2.50. The van der Waals surface area contributed by atoms with Crippen molar-refractivity contribution in [3.8, 4) is 5.75 Å². The van der Waals surface area contributed by atoms with Crippen LogP contribution >= 0.6 is 11.8 Å². The number of carboxylic acids is 1. The summed E-state index contributed by atoms with van der Waals surface area (Å²) >= 11 is 1.41. The molecule has 0 heterocycles. The number of aliphatic carboxylic acids is 1. The molecule has 1 aromatic carbocycles. The molecule has 6 heteroatoms. The third-order valence-electron chi connectivity index (χ3n) is 3.04. The van der Waals surface area contributed by atoms with E-state index in [0.29, 0.717) is 13.0 Å². The van der Waals surface area contributed by atoms with Crippen LogP contribution in [0.1, 0.15) is 26.7 Å². The van der Waals surface area contributed by atoms with Crippen LogP contribution in [0.4, 0.5) is 0 Å². The Hall–Kier alpha value is -1.69. The summed E-state index contributed by atoms with van der Waals surface area (Å²) in [6.45, 7) is 4.67. The SMILES string of the molecule is CCCC(CNC(=O)CSc1ccc(OCC)cc1)C(=O)O. The van der Waals surface area contributed by atoms with Gasteiger partial charge in [-0.25, -0.2) is 0 Å². The fraction of sp³-hybridized carbons (Fsp3) is 0.500. The van der Waals surface area contributed by atoms with Crippen molar-refractivity contribution in [2.75, 3.05) is 18.9 Å². The van der Waals surface area contributed by atoms with Gasteiger partial charge in [-0.2, -0.15) is 0 Å². The fourth-order valence-corrected chi connectivity index (χ4v) is 2.63. The Balaban J connectivity index is 2.34. The lowest BCUT2D eigenvalue weighted by atomic mass is 10.0. The van der Waals surface area contributed by atoms with E-state index in [0.717, 1.165) is 17.1 Å². The van der Waals surface area contributed by atoms with Crippen molar-refractivity contribution in [3.63, 3.8) is 0 Å². The summed E-state index contributed by atoms with van der Waals surface area (Å²) < 4.78 is 5.35. The second-order valence-electron chi connectivity index (χ2n) is 4.82. The normalized spacial score (nSPS) is 11.7. The number of hydrogen-bond acceptors (Lipinski definition) is 4. The van der Waals surface area contributed by atoms with Gasteiger partial charge in [0.1, 0.15) is 5.75 Å². The van der Waals surface area contributed by atoms with E-state index in [1.165, 1.54) is 11.8 Å². The number of nitrogens with one attached hydrogen (secondary N) is 1. The van der Waals surface area contributed by atoms with Gasteiger partial charge in [-0.15, -0.1) is 11.8 Å². The van der Waals surface area contributed by atoms with Gasteiger partial charge in [-0.3, -0.25) is 9.59 Å². The van der Waals surface area contributed by atoms with E-state index in [2.05, 4.69) is 5.32 Å². The molecule has 1 atom stereocenters. The second kappa shape index (κ2) is 10.1. The maximum Gasteiger partial charge on any atom is 0.308 e. The van der Waals surface area contributed by atoms with Crippen molar-refractivity contribution in [2.45, 2.75) is 31.6 Å². The maximum atomic E-state index is 11.8. The zero-order valence-corrected chi connectivity index (χ0v) is 13.8. The van der Waals surface area contributed by atoms with E-state index in [9.17, 15) is 9.59 Å². The highest BCUT2D eigenvalue weighted by Crippen LogP contribution is 2.21. The molecule has 1 amide bonds. The van der Waals surface area contributed by atoms with Crippen LogP contribution in [0.25, 0.3) is 0 Å². The number of carboxylic acid groups (broad SMARTS) is 1. The monoisotopic (exact) mass is 325 g/mol. The molecule has 122 valence electrons.